The van der Waals surface area contributed by atoms with Crippen molar-refractivity contribution in [1.29, 1.82) is 0 Å². The van der Waals surface area contributed by atoms with Gasteiger partial charge >= 0.3 is 6.09 Å². The van der Waals surface area contributed by atoms with Crippen molar-refractivity contribution in [2.75, 3.05) is 11.9 Å². The number of carbonyl (C=O) groups is 1. The number of halogens is 2. The number of ether oxygens (including phenoxy) is 1. The molecule has 2 rings (SSSR count). The minimum atomic E-state index is -0.844. The van der Waals surface area contributed by atoms with Crippen molar-refractivity contribution >= 4 is 11.8 Å². The Morgan fingerprint density at radius 2 is 1.90 bits per heavy atom. The van der Waals surface area contributed by atoms with Gasteiger partial charge in [-0.15, -0.1) is 0 Å². The van der Waals surface area contributed by atoms with Crippen molar-refractivity contribution in [3.05, 3.63) is 29.8 Å². The molecule has 1 saturated carbocycles. The number of hydrogen-bond donors (Lipinski definition) is 2. The maximum atomic E-state index is 13.4. The first-order valence-corrected chi connectivity index (χ1v) is 7.16. The zero-order valence-corrected chi connectivity index (χ0v) is 11.8. The average molecular weight is 298 g/mol. The van der Waals surface area contributed by atoms with Gasteiger partial charge in [0.2, 0.25) is 0 Å². The number of benzene rings is 1. The van der Waals surface area contributed by atoms with E-state index in [1.165, 1.54) is 0 Å². The summed E-state index contributed by atoms with van der Waals surface area (Å²) in [5.74, 6) is -1.55. The van der Waals surface area contributed by atoms with Gasteiger partial charge in [0.05, 0.1) is 11.2 Å². The summed E-state index contributed by atoms with van der Waals surface area (Å²) in [4.78, 5) is 11.7. The Balaban J connectivity index is 1.86. The molecule has 0 aliphatic heterocycles. The zero-order valence-electron chi connectivity index (χ0n) is 11.8. The van der Waals surface area contributed by atoms with Gasteiger partial charge in [-0.1, -0.05) is 25.7 Å². The van der Waals surface area contributed by atoms with E-state index in [-0.39, 0.29) is 12.3 Å². The molecule has 1 amide bonds. The van der Waals surface area contributed by atoms with Crippen LogP contribution in [0, 0.1) is 11.6 Å². The molecular weight excluding hydrogens is 278 g/mol. The smallest absolute Gasteiger partial charge is 0.411 e. The summed E-state index contributed by atoms with van der Waals surface area (Å²) in [6.45, 7) is 0.0989. The molecule has 3 N–H and O–H groups in total. The fraction of sp³-hybridized carbons (Fsp3) is 0.533. The second-order valence-electron chi connectivity index (χ2n) is 5.60. The largest absolute Gasteiger partial charge is 0.447 e. The number of amides is 1. The lowest BCUT2D eigenvalue weighted by Gasteiger charge is -2.27. The van der Waals surface area contributed by atoms with Gasteiger partial charge in [0.15, 0.2) is 0 Å². The SMILES string of the molecule is NC1(COC(=O)Nc2ccc(F)cc2F)CCCCCC1. The van der Waals surface area contributed by atoms with Gasteiger partial charge in [-0.05, 0) is 25.0 Å². The number of rotatable bonds is 3. The fourth-order valence-corrected chi connectivity index (χ4v) is 2.52. The third kappa shape index (κ3) is 4.67. The first-order valence-electron chi connectivity index (χ1n) is 7.16. The van der Waals surface area contributed by atoms with Crippen LogP contribution in [-0.4, -0.2) is 18.2 Å². The molecule has 0 unspecified atom stereocenters. The van der Waals surface area contributed by atoms with E-state index < -0.39 is 23.3 Å². The summed E-state index contributed by atoms with van der Waals surface area (Å²) < 4.78 is 31.3. The number of anilines is 1. The molecule has 0 saturated heterocycles. The van der Waals surface area contributed by atoms with E-state index in [9.17, 15) is 13.6 Å². The fourth-order valence-electron chi connectivity index (χ4n) is 2.52. The first kappa shape index (κ1) is 15.7. The summed E-state index contributed by atoms with van der Waals surface area (Å²) in [6.07, 6.45) is 5.17. The van der Waals surface area contributed by atoms with E-state index in [4.69, 9.17) is 10.5 Å². The molecule has 1 aromatic carbocycles. The summed E-state index contributed by atoms with van der Waals surface area (Å²) in [6, 6.07) is 2.91. The number of nitrogens with one attached hydrogen (secondary N) is 1. The van der Waals surface area contributed by atoms with Crippen LogP contribution in [0.25, 0.3) is 0 Å². The Morgan fingerprint density at radius 3 is 2.52 bits per heavy atom. The lowest BCUT2D eigenvalue weighted by molar-refractivity contribution is 0.122. The molecule has 1 aromatic rings. The zero-order chi connectivity index (χ0) is 15.3. The Hall–Kier alpha value is -1.69. The maximum absolute atomic E-state index is 13.4. The highest BCUT2D eigenvalue weighted by Gasteiger charge is 2.28. The van der Waals surface area contributed by atoms with Crippen LogP contribution >= 0.6 is 0 Å². The molecule has 4 nitrogen and oxygen atoms in total. The van der Waals surface area contributed by atoms with Gasteiger partial charge in [-0.25, -0.2) is 13.6 Å². The Labute approximate surface area is 122 Å². The molecule has 0 bridgehead atoms. The highest BCUT2D eigenvalue weighted by Crippen LogP contribution is 2.25. The third-order valence-corrected chi connectivity index (χ3v) is 3.76. The summed E-state index contributed by atoms with van der Waals surface area (Å²) >= 11 is 0. The Bertz CT molecular complexity index is 500. The lowest BCUT2D eigenvalue weighted by Crippen LogP contribution is -2.45. The number of nitrogens with two attached hydrogens (primary N) is 1. The predicted molar refractivity (Wildman–Crippen MR) is 75.9 cm³/mol. The van der Waals surface area contributed by atoms with E-state index in [0.717, 1.165) is 50.7 Å². The van der Waals surface area contributed by atoms with Gasteiger partial charge in [0.25, 0.3) is 0 Å². The second kappa shape index (κ2) is 6.85. The minimum Gasteiger partial charge on any atom is -0.447 e. The van der Waals surface area contributed by atoms with E-state index in [2.05, 4.69) is 5.32 Å². The van der Waals surface area contributed by atoms with Crippen LogP contribution < -0.4 is 11.1 Å². The van der Waals surface area contributed by atoms with Crippen molar-refractivity contribution in [3.63, 3.8) is 0 Å². The van der Waals surface area contributed by atoms with Crippen LogP contribution in [0.3, 0.4) is 0 Å². The van der Waals surface area contributed by atoms with Gasteiger partial charge < -0.3 is 10.5 Å². The predicted octanol–water partition coefficient (Wildman–Crippen LogP) is 3.57. The Morgan fingerprint density at radius 1 is 1.24 bits per heavy atom. The molecule has 1 aliphatic rings. The Kier molecular flexibility index (Phi) is 5.12. The van der Waals surface area contributed by atoms with Crippen molar-refractivity contribution in [2.24, 2.45) is 5.73 Å². The van der Waals surface area contributed by atoms with Gasteiger partial charge in [-0.2, -0.15) is 0 Å². The van der Waals surface area contributed by atoms with E-state index in [0.29, 0.717) is 6.07 Å². The molecule has 0 atom stereocenters. The van der Waals surface area contributed by atoms with Crippen LogP contribution in [0.4, 0.5) is 19.3 Å². The molecule has 0 radical (unpaired) electrons. The maximum Gasteiger partial charge on any atom is 0.411 e. The van der Waals surface area contributed by atoms with Gasteiger partial charge in [0, 0.05) is 6.07 Å². The summed E-state index contributed by atoms with van der Waals surface area (Å²) in [7, 11) is 0. The van der Waals surface area contributed by atoms with Crippen LogP contribution in [-0.2, 0) is 4.74 Å². The van der Waals surface area contributed by atoms with E-state index >= 15 is 0 Å². The van der Waals surface area contributed by atoms with E-state index in [1.807, 2.05) is 0 Å². The lowest BCUT2D eigenvalue weighted by atomic mass is 9.93. The first-order chi connectivity index (χ1) is 9.98. The molecule has 0 heterocycles. The van der Waals surface area contributed by atoms with Gasteiger partial charge in [-0.3, -0.25) is 5.32 Å². The normalized spacial score (nSPS) is 17.9. The molecule has 1 fully saturated rings. The molecular formula is C15H20F2N2O2. The molecule has 0 spiro atoms. The number of hydrogen-bond acceptors (Lipinski definition) is 3. The third-order valence-electron chi connectivity index (χ3n) is 3.76. The summed E-state index contributed by atoms with van der Waals surface area (Å²) in [5, 5.41) is 2.25. The molecule has 0 aromatic heterocycles. The number of carbonyl (C=O) groups excluding carboxylic acids is 1. The molecule has 116 valence electrons. The monoisotopic (exact) mass is 298 g/mol. The van der Waals surface area contributed by atoms with Crippen molar-refractivity contribution in [1.82, 2.24) is 0 Å². The standard InChI is InChI=1S/C15H20F2N2O2/c16-11-5-6-13(12(17)9-11)19-14(20)21-10-15(18)7-3-1-2-4-8-15/h5-6,9H,1-4,7-8,10,18H2,(H,19,20). The van der Waals surface area contributed by atoms with Crippen molar-refractivity contribution in [3.8, 4) is 0 Å². The minimum absolute atomic E-state index is 0.0989. The van der Waals surface area contributed by atoms with Crippen LogP contribution in [0.2, 0.25) is 0 Å². The van der Waals surface area contributed by atoms with Crippen LogP contribution in [0.1, 0.15) is 38.5 Å². The average Bonchev–Trinajstić information content (AvgIpc) is 2.65. The molecule has 6 heteroatoms. The van der Waals surface area contributed by atoms with E-state index in [1.54, 1.807) is 0 Å². The second-order valence-corrected chi connectivity index (χ2v) is 5.60. The van der Waals surface area contributed by atoms with Gasteiger partial charge in [0.1, 0.15) is 18.2 Å². The van der Waals surface area contributed by atoms with Crippen molar-refractivity contribution in [2.45, 2.75) is 44.1 Å². The van der Waals surface area contributed by atoms with Crippen LogP contribution in [0.5, 0.6) is 0 Å². The van der Waals surface area contributed by atoms with Crippen molar-refractivity contribution < 1.29 is 18.3 Å². The summed E-state index contributed by atoms with van der Waals surface area (Å²) in [5.41, 5.74) is 5.60. The highest BCUT2D eigenvalue weighted by molar-refractivity contribution is 5.84. The molecule has 21 heavy (non-hydrogen) atoms. The molecule has 1 aliphatic carbocycles. The topological polar surface area (TPSA) is 64.3 Å². The van der Waals surface area contributed by atoms with Crippen LogP contribution in [0.15, 0.2) is 18.2 Å². The highest BCUT2D eigenvalue weighted by atomic mass is 19.1. The quantitative estimate of drug-likeness (QED) is 0.839.